The Balaban J connectivity index is 1.95. The van der Waals surface area contributed by atoms with Crippen molar-refractivity contribution in [3.63, 3.8) is 0 Å². The number of hydroxylamine groups is 1. The molecule has 1 N–H and O–H groups in total. The molecule has 1 aliphatic heterocycles. The van der Waals surface area contributed by atoms with Crippen LogP contribution < -0.4 is 0 Å². The number of hydrogen-bond donors (Lipinski definition) is 1. The van der Waals surface area contributed by atoms with Crippen molar-refractivity contribution >= 4 is 21.4 Å². The van der Waals surface area contributed by atoms with E-state index in [0.717, 1.165) is 11.3 Å². The zero-order valence-electron chi connectivity index (χ0n) is 12.1. The number of hydrogen-bond acceptors (Lipinski definition) is 7. The van der Waals surface area contributed by atoms with E-state index in [-0.39, 0.29) is 28.6 Å². The molecular formula is C12H11F3N2O5S2. The molecule has 0 amide bonds. The van der Waals surface area contributed by atoms with Crippen molar-refractivity contribution in [2.24, 2.45) is 0 Å². The van der Waals surface area contributed by atoms with Gasteiger partial charge in [-0.05, 0) is 13.0 Å². The van der Waals surface area contributed by atoms with Gasteiger partial charge < -0.3 is 9.63 Å². The largest absolute Gasteiger partial charge is 0.452 e. The number of halogens is 3. The summed E-state index contributed by atoms with van der Waals surface area (Å²) >= 11 is 0.964. The Labute approximate surface area is 138 Å². The fourth-order valence-corrected chi connectivity index (χ4v) is 4.90. The third-order valence-electron chi connectivity index (χ3n) is 3.23. The van der Waals surface area contributed by atoms with Gasteiger partial charge >= 0.3 is 6.18 Å². The zero-order valence-corrected chi connectivity index (χ0v) is 13.7. The van der Waals surface area contributed by atoms with E-state index in [1.165, 1.54) is 13.0 Å². The molecular weight excluding hydrogens is 373 g/mol. The third-order valence-corrected chi connectivity index (χ3v) is 6.20. The van der Waals surface area contributed by atoms with Crippen molar-refractivity contribution in [1.29, 1.82) is 0 Å². The van der Waals surface area contributed by atoms with Gasteiger partial charge in [-0.15, -0.1) is 11.3 Å². The summed E-state index contributed by atoms with van der Waals surface area (Å²) in [5.74, 6) is -1.26. The molecule has 12 heteroatoms. The quantitative estimate of drug-likeness (QED) is 0.871. The third kappa shape index (κ3) is 3.07. The van der Waals surface area contributed by atoms with Gasteiger partial charge in [-0.25, -0.2) is 8.42 Å². The summed E-state index contributed by atoms with van der Waals surface area (Å²) in [5, 5.41) is 12.7. The highest BCUT2D eigenvalue weighted by Gasteiger charge is 2.38. The molecule has 7 nitrogen and oxygen atoms in total. The first-order valence-corrected chi connectivity index (χ1v) is 8.83. The van der Waals surface area contributed by atoms with E-state index in [1.54, 1.807) is 0 Å². The molecule has 0 radical (unpaired) electrons. The standard InChI is InChI=1S/C12H11F3N2O5S2/c1-6-10(24(19,20)17-4-7(18)5-21-17)3-9(23-6)8-2-11(22-16-8)12(13,14)15/h2-3,7,18H,4-5H2,1H3. The fourth-order valence-electron chi connectivity index (χ4n) is 2.10. The van der Waals surface area contributed by atoms with E-state index in [9.17, 15) is 26.7 Å². The maximum absolute atomic E-state index is 12.6. The van der Waals surface area contributed by atoms with Gasteiger partial charge in [0, 0.05) is 10.9 Å². The normalized spacial score (nSPS) is 20.0. The second kappa shape index (κ2) is 5.81. The molecule has 0 spiro atoms. The van der Waals surface area contributed by atoms with Gasteiger partial charge in [-0.2, -0.15) is 13.2 Å². The number of β-amino-alcohol motifs (C(OH)–C–C–N with tert-alkyl or cyclic N) is 1. The van der Waals surface area contributed by atoms with Crippen molar-refractivity contribution in [1.82, 2.24) is 9.63 Å². The van der Waals surface area contributed by atoms with Gasteiger partial charge in [0.15, 0.2) is 0 Å². The van der Waals surface area contributed by atoms with Crippen LogP contribution in [0.1, 0.15) is 10.6 Å². The molecule has 3 rings (SSSR count). The number of thiophene rings is 1. The van der Waals surface area contributed by atoms with E-state index >= 15 is 0 Å². The fraction of sp³-hybridized carbons (Fsp3) is 0.417. The first kappa shape index (κ1) is 17.4. The molecule has 24 heavy (non-hydrogen) atoms. The number of aromatic nitrogens is 1. The number of aryl methyl sites for hydroxylation is 1. The lowest BCUT2D eigenvalue weighted by Gasteiger charge is -2.13. The molecule has 2 aromatic heterocycles. The van der Waals surface area contributed by atoms with Crippen LogP contribution in [0.2, 0.25) is 0 Å². The summed E-state index contributed by atoms with van der Waals surface area (Å²) in [6.45, 7) is 1.15. The van der Waals surface area contributed by atoms with Gasteiger partial charge in [0.05, 0.1) is 29.0 Å². The molecule has 0 saturated carbocycles. The Morgan fingerprint density at radius 2 is 2.12 bits per heavy atom. The molecule has 1 unspecified atom stereocenters. The van der Waals surface area contributed by atoms with Crippen molar-refractivity contribution in [3.05, 3.63) is 22.8 Å². The van der Waals surface area contributed by atoms with E-state index in [4.69, 9.17) is 4.84 Å². The number of aliphatic hydroxyl groups excluding tert-OH is 1. The van der Waals surface area contributed by atoms with Gasteiger partial charge in [-0.3, -0.25) is 4.84 Å². The van der Waals surface area contributed by atoms with Crippen LogP contribution in [0.15, 0.2) is 21.6 Å². The molecule has 0 bridgehead atoms. The molecule has 1 atom stereocenters. The van der Waals surface area contributed by atoms with Crippen LogP contribution in [0.4, 0.5) is 13.2 Å². The number of sulfonamides is 1. The molecule has 132 valence electrons. The minimum absolute atomic E-state index is 0.112. The lowest BCUT2D eigenvalue weighted by atomic mass is 10.3. The summed E-state index contributed by atoms with van der Waals surface area (Å²) in [5.41, 5.74) is -0.112. The minimum atomic E-state index is -4.67. The number of alkyl halides is 3. The van der Waals surface area contributed by atoms with Crippen molar-refractivity contribution in [2.75, 3.05) is 13.2 Å². The van der Waals surface area contributed by atoms with Crippen LogP contribution in [-0.2, 0) is 21.0 Å². The summed E-state index contributed by atoms with van der Waals surface area (Å²) in [6.07, 6.45) is -5.60. The molecule has 0 aliphatic carbocycles. The highest BCUT2D eigenvalue weighted by Crippen LogP contribution is 2.37. The minimum Gasteiger partial charge on any atom is -0.389 e. The van der Waals surface area contributed by atoms with Crippen LogP contribution in [0, 0.1) is 6.92 Å². The van der Waals surface area contributed by atoms with E-state index in [2.05, 4.69) is 9.68 Å². The molecule has 1 aliphatic rings. The smallest absolute Gasteiger partial charge is 0.389 e. The lowest BCUT2D eigenvalue weighted by Crippen LogP contribution is -2.28. The first-order chi connectivity index (χ1) is 11.1. The summed E-state index contributed by atoms with van der Waals surface area (Å²) < 4.78 is 67.6. The Morgan fingerprint density at radius 1 is 1.42 bits per heavy atom. The van der Waals surface area contributed by atoms with Crippen molar-refractivity contribution in [2.45, 2.75) is 24.1 Å². The second-order valence-corrected chi connectivity index (χ2v) is 8.10. The van der Waals surface area contributed by atoms with Crippen molar-refractivity contribution < 1.29 is 36.1 Å². The van der Waals surface area contributed by atoms with Gasteiger partial charge in [0.1, 0.15) is 5.69 Å². The Morgan fingerprint density at radius 3 is 2.67 bits per heavy atom. The van der Waals surface area contributed by atoms with Crippen LogP contribution in [0.25, 0.3) is 10.6 Å². The maximum atomic E-state index is 12.6. The van der Waals surface area contributed by atoms with Gasteiger partial charge in [0.2, 0.25) is 5.76 Å². The molecule has 3 heterocycles. The monoisotopic (exact) mass is 384 g/mol. The predicted octanol–water partition coefficient (Wildman–Crippen LogP) is 2.03. The average molecular weight is 384 g/mol. The topological polar surface area (TPSA) is 92.9 Å². The van der Waals surface area contributed by atoms with Crippen LogP contribution in [0.3, 0.4) is 0 Å². The van der Waals surface area contributed by atoms with Crippen LogP contribution in [0.5, 0.6) is 0 Å². The number of rotatable bonds is 3. The van der Waals surface area contributed by atoms with Crippen LogP contribution in [-0.4, -0.2) is 42.4 Å². The summed E-state index contributed by atoms with van der Waals surface area (Å²) in [7, 11) is -4.03. The lowest BCUT2D eigenvalue weighted by molar-refractivity contribution is -0.155. The van der Waals surface area contributed by atoms with E-state index in [0.29, 0.717) is 15.4 Å². The van der Waals surface area contributed by atoms with E-state index in [1.807, 2.05) is 0 Å². The number of nitrogens with zero attached hydrogens (tertiary/aromatic N) is 2. The average Bonchev–Trinajstić information content (AvgIpc) is 3.15. The van der Waals surface area contributed by atoms with E-state index < -0.39 is 28.1 Å². The molecule has 2 aromatic rings. The summed E-state index contributed by atoms with van der Waals surface area (Å²) in [4.78, 5) is 5.37. The Bertz CT molecular complexity index is 858. The van der Waals surface area contributed by atoms with Gasteiger partial charge in [0.25, 0.3) is 10.0 Å². The highest BCUT2D eigenvalue weighted by molar-refractivity contribution is 7.89. The zero-order chi connectivity index (χ0) is 17.7. The number of aliphatic hydroxyl groups is 1. The molecule has 1 fully saturated rings. The Hall–Kier alpha value is -1.47. The van der Waals surface area contributed by atoms with Crippen molar-refractivity contribution in [3.8, 4) is 10.6 Å². The molecule has 1 saturated heterocycles. The maximum Gasteiger partial charge on any atom is 0.452 e. The van der Waals surface area contributed by atoms with Gasteiger partial charge in [-0.1, -0.05) is 9.63 Å². The highest BCUT2D eigenvalue weighted by atomic mass is 32.2. The summed E-state index contributed by atoms with van der Waals surface area (Å²) in [6, 6.07) is 1.92. The SMILES string of the molecule is Cc1sc(-c2cc(C(F)(F)F)on2)cc1S(=O)(=O)N1CC(O)CO1. The van der Waals surface area contributed by atoms with Crippen LogP contribution >= 0.6 is 11.3 Å². The second-order valence-electron chi connectivity index (χ2n) is 5.05. The predicted molar refractivity (Wildman–Crippen MR) is 75.4 cm³/mol. The Kier molecular flexibility index (Phi) is 4.20. The molecule has 0 aromatic carbocycles. The first-order valence-electron chi connectivity index (χ1n) is 6.57.